The second kappa shape index (κ2) is 12.7. The van der Waals surface area contributed by atoms with Crippen LogP contribution in [0.15, 0.2) is 36.4 Å². The van der Waals surface area contributed by atoms with E-state index < -0.39 is 27.1 Å². The SMILES string of the molecule is CCn1nc(C)c(C(=O)OC)c1C1=Cc2cc(OC)ccc2-c2c(C3CCCCC3)c3ccc(C(=O)NS(=O)(=O)C(C)C)cc3n2C1. The van der Waals surface area contributed by atoms with Crippen LogP contribution in [0.2, 0.25) is 0 Å². The number of amides is 1. The van der Waals surface area contributed by atoms with Gasteiger partial charge in [0.1, 0.15) is 11.3 Å². The minimum Gasteiger partial charge on any atom is -0.497 e. The molecule has 1 fully saturated rings. The fraction of sp³-hybridized carbons (Fsp3) is 0.417. The zero-order chi connectivity index (χ0) is 33.6. The number of allylic oxidation sites excluding steroid dienone is 1. The number of nitrogens with one attached hydrogen (secondary N) is 1. The molecular formula is C36H42N4O6S. The lowest BCUT2D eigenvalue weighted by molar-refractivity contribution is 0.0599. The van der Waals surface area contributed by atoms with Gasteiger partial charge in [0.25, 0.3) is 5.91 Å². The molecule has 11 heteroatoms. The van der Waals surface area contributed by atoms with Crippen molar-refractivity contribution < 1.29 is 27.5 Å². The molecule has 0 bridgehead atoms. The van der Waals surface area contributed by atoms with Crippen LogP contribution in [0.5, 0.6) is 5.75 Å². The summed E-state index contributed by atoms with van der Waals surface area (Å²) >= 11 is 0. The Labute approximate surface area is 275 Å². The van der Waals surface area contributed by atoms with Crippen LogP contribution in [0.4, 0.5) is 0 Å². The number of hydrogen-bond acceptors (Lipinski definition) is 7. The first-order chi connectivity index (χ1) is 22.5. The largest absolute Gasteiger partial charge is 0.497 e. The van der Waals surface area contributed by atoms with Crippen molar-refractivity contribution in [3.8, 4) is 17.0 Å². The van der Waals surface area contributed by atoms with Crippen LogP contribution in [0.1, 0.15) is 102 Å². The summed E-state index contributed by atoms with van der Waals surface area (Å²) in [5, 5.41) is 4.99. The van der Waals surface area contributed by atoms with E-state index in [-0.39, 0.29) is 5.56 Å². The molecule has 2 aromatic carbocycles. The van der Waals surface area contributed by atoms with Gasteiger partial charge in [0.15, 0.2) is 0 Å². The molecule has 0 unspecified atom stereocenters. The van der Waals surface area contributed by atoms with Crippen molar-refractivity contribution in [2.75, 3.05) is 14.2 Å². The van der Waals surface area contributed by atoms with Gasteiger partial charge >= 0.3 is 5.97 Å². The van der Waals surface area contributed by atoms with Crippen molar-refractivity contribution in [1.29, 1.82) is 0 Å². The number of carbonyl (C=O) groups excluding carboxylic acids is 2. The van der Waals surface area contributed by atoms with Gasteiger partial charge in [-0.15, -0.1) is 0 Å². The summed E-state index contributed by atoms with van der Waals surface area (Å²) in [5.41, 5.74) is 7.85. The van der Waals surface area contributed by atoms with Crippen LogP contribution in [0.25, 0.3) is 33.8 Å². The molecule has 0 saturated heterocycles. The summed E-state index contributed by atoms with van der Waals surface area (Å²) in [6, 6.07) is 11.5. The van der Waals surface area contributed by atoms with Crippen molar-refractivity contribution in [2.45, 2.75) is 84.1 Å². The summed E-state index contributed by atoms with van der Waals surface area (Å²) < 4.78 is 42.4. The number of rotatable bonds is 8. The molecule has 1 amide bonds. The summed E-state index contributed by atoms with van der Waals surface area (Å²) in [7, 11) is -0.812. The first kappa shape index (κ1) is 32.6. The molecule has 1 N–H and O–H groups in total. The molecular weight excluding hydrogens is 616 g/mol. The van der Waals surface area contributed by atoms with Crippen molar-refractivity contribution in [2.24, 2.45) is 0 Å². The minimum atomic E-state index is -3.83. The van der Waals surface area contributed by atoms with E-state index in [4.69, 9.17) is 14.6 Å². The van der Waals surface area contributed by atoms with Gasteiger partial charge in [-0.3, -0.25) is 9.48 Å². The molecule has 4 aromatic rings. The van der Waals surface area contributed by atoms with Crippen molar-refractivity contribution >= 4 is 44.5 Å². The maximum atomic E-state index is 13.4. The lowest BCUT2D eigenvalue weighted by Gasteiger charge is -2.24. The number of sulfonamides is 1. The van der Waals surface area contributed by atoms with Crippen LogP contribution in [-0.4, -0.2) is 54.1 Å². The quantitative estimate of drug-likeness (QED) is 0.209. The van der Waals surface area contributed by atoms with Gasteiger partial charge in [0.05, 0.1) is 43.1 Å². The zero-order valence-electron chi connectivity index (χ0n) is 27.8. The molecule has 2 aromatic heterocycles. The summed E-state index contributed by atoms with van der Waals surface area (Å²) in [6.07, 6.45) is 7.70. The van der Waals surface area contributed by atoms with Crippen LogP contribution in [-0.2, 0) is 27.8 Å². The van der Waals surface area contributed by atoms with Crippen molar-refractivity contribution in [3.63, 3.8) is 0 Å². The molecule has 248 valence electrons. The standard InChI is InChI=1S/C36H42N4O6S/c1-7-40-33(31(22(4)37-40)36(42)46-6)26-17-25-18-27(45-5)14-16-28(25)34-32(23-11-9-8-10-12-23)29-15-13-24(19-30(29)39(34)20-26)35(41)38-47(43,44)21(2)3/h13-19,21,23H,7-12,20H2,1-6H3,(H,38,41). The molecule has 10 nitrogen and oxygen atoms in total. The Morgan fingerprint density at radius 3 is 2.45 bits per heavy atom. The fourth-order valence-corrected chi connectivity index (χ4v) is 7.73. The highest BCUT2D eigenvalue weighted by Gasteiger charge is 2.32. The Kier molecular flexibility index (Phi) is 8.78. The van der Waals surface area contributed by atoms with E-state index in [9.17, 15) is 18.0 Å². The Hall–Kier alpha value is -4.38. The number of methoxy groups -OCH3 is 2. The molecule has 1 saturated carbocycles. The van der Waals surface area contributed by atoms with E-state index in [1.807, 2.05) is 36.7 Å². The molecule has 6 rings (SSSR count). The van der Waals surface area contributed by atoms with E-state index in [0.717, 1.165) is 59.0 Å². The van der Waals surface area contributed by atoms with E-state index in [1.165, 1.54) is 32.9 Å². The number of ether oxygens (including phenoxy) is 2. The number of benzene rings is 2. The van der Waals surface area contributed by atoms with Crippen LogP contribution >= 0.6 is 0 Å². The van der Waals surface area contributed by atoms with Gasteiger partial charge in [-0.1, -0.05) is 25.3 Å². The molecule has 2 aliphatic rings. The minimum absolute atomic E-state index is 0.256. The summed E-state index contributed by atoms with van der Waals surface area (Å²) in [5.74, 6) is -0.104. The van der Waals surface area contributed by atoms with Crippen molar-refractivity contribution in [3.05, 3.63) is 70.0 Å². The second-order valence-corrected chi connectivity index (χ2v) is 14.9. The number of fused-ring (bicyclic) bond motifs is 5. The highest BCUT2D eigenvalue weighted by Crippen LogP contribution is 2.48. The molecule has 47 heavy (non-hydrogen) atoms. The van der Waals surface area contributed by atoms with Crippen LogP contribution in [0.3, 0.4) is 0 Å². The third kappa shape index (κ3) is 5.75. The van der Waals surface area contributed by atoms with Gasteiger partial charge in [0, 0.05) is 28.6 Å². The predicted octanol–water partition coefficient (Wildman–Crippen LogP) is 6.70. The van der Waals surface area contributed by atoms with Crippen LogP contribution in [0, 0.1) is 6.92 Å². The van der Waals surface area contributed by atoms with Gasteiger partial charge in [-0.25, -0.2) is 17.9 Å². The fourth-order valence-electron chi connectivity index (χ4n) is 7.12. The number of aromatic nitrogens is 3. The molecule has 0 spiro atoms. The summed E-state index contributed by atoms with van der Waals surface area (Å²) in [6.45, 7) is 7.78. The Bertz CT molecular complexity index is 2030. The van der Waals surface area contributed by atoms with Crippen molar-refractivity contribution in [1.82, 2.24) is 19.1 Å². The van der Waals surface area contributed by atoms with Gasteiger partial charge in [0.2, 0.25) is 10.0 Å². The normalized spacial score (nSPS) is 15.2. The molecule has 1 aliphatic heterocycles. The maximum absolute atomic E-state index is 13.4. The number of aryl methyl sites for hydroxylation is 2. The van der Waals surface area contributed by atoms with Crippen LogP contribution < -0.4 is 9.46 Å². The maximum Gasteiger partial charge on any atom is 0.341 e. The Balaban J connectivity index is 1.66. The average molecular weight is 659 g/mol. The number of nitrogens with zero attached hydrogens (tertiary/aromatic N) is 3. The molecule has 0 atom stereocenters. The first-order valence-electron chi connectivity index (χ1n) is 16.3. The van der Waals surface area contributed by atoms with E-state index >= 15 is 0 Å². The smallest absolute Gasteiger partial charge is 0.341 e. The molecule has 0 radical (unpaired) electrons. The lowest BCUT2D eigenvalue weighted by Crippen LogP contribution is -2.35. The van der Waals surface area contributed by atoms with Gasteiger partial charge in [-0.2, -0.15) is 5.10 Å². The van der Waals surface area contributed by atoms with E-state index in [2.05, 4.69) is 21.4 Å². The van der Waals surface area contributed by atoms with Gasteiger partial charge < -0.3 is 14.0 Å². The molecule has 1 aliphatic carbocycles. The topological polar surface area (TPSA) is 122 Å². The molecule has 3 heterocycles. The monoisotopic (exact) mass is 658 g/mol. The third-order valence-corrected chi connectivity index (χ3v) is 11.2. The Morgan fingerprint density at radius 1 is 1.04 bits per heavy atom. The highest BCUT2D eigenvalue weighted by atomic mass is 32.2. The number of hydrogen-bond donors (Lipinski definition) is 1. The number of carbonyl (C=O) groups is 2. The van der Waals surface area contributed by atoms with Gasteiger partial charge in [-0.05, 0) is 99.6 Å². The average Bonchev–Trinajstić information content (AvgIpc) is 3.51. The zero-order valence-corrected chi connectivity index (χ0v) is 28.7. The number of esters is 1. The Morgan fingerprint density at radius 2 is 1.79 bits per heavy atom. The third-order valence-electron chi connectivity index (χ3n) is 9.53. The lowest BCUT2D eigenvalue weighted by atomic mass is 9.81. The summed E-state index contributed by atoms with van der Waals surface area (Å²) in [4.78, 5) is 26.5. The van der Waals surface area contributed by atoms with E-state index in [0.29, 0.717) is 41.7 Å². The van der Waals surface area contributed by atoms with E-state index in [1.54, 1.807) is 19.2 Å². The highest BCUT2D eigenvalue weighted by molar-refractivity contribution is 7.90. The predicted molar refractivity (Wildman–Crippen MR) is 183 cm³/mol. The second-order valence-electron chi connectivity index (χ2n) is 12.7. The first-order valence-corrected chi connectivity index (χ1v) is 17.8.